The molecule has 0 fully saturated rings. The highest BCUT2D eigenvalue weighted by molar-refractivity contribution is 5.91. The number of hydrogen-bond donors (Lipinski definition) is 2. The standard InChI is InChI=1S/C18H19F3N2O2/c1-12-6-5-9-15(25-2)16(12)23-17(24)22-11-14-8-4-3-7-13(14)10-18(19,20)21/h3-9H,10-11H2,1-2H3,(H2,22,23,24). The molecular formula is C18H19F3N2O2. The molecule has 2 N–H and O–H groups in total. The molecule has 0 spiro atoms. The van der Waals surface area contributed by atoms with E-state index in [1.54, 1.807) is 30.3 Å². The number of hydrogen-bond acceptors (Lipinski definition) is 2. The molecule has 2 amide bonds. The normalized spacial score (nSPS) is 11.1. The number of alkyl halides is 3. The Labute approximate surface area is 144 Å². The Kier molecular flexibility index (Phi) is 5.90. The maximum Gasteiger partial charge on any atom is 0.393 e. The van der Waals surface area contributed by atoms with Gasteiger partial charge in [0.25, 0.3) is 0 Å². The molecule has 0 atom stereocenters. The van der Waals surface area contributed by atoms with E-state index in [0.29, 0.717) is 17.0 Å². The van der Waals surface area contributed by atoms with Crippen molar-refractivity contribution in [2.45, 2.75) is 26.1 Å². The average molecular weight is 352 g/mol. The van der Waals surface area contributed by atoms with Crippen LogP contribution in [0, 0.1) is 6.92 Å². The van der Waals surface area contributed by atoms with Crippen LogP contribution in [0.4, 0.5) is 23.7 Å². The number of aryl methyl sites for hydroxylation is 1. The van der Waals surface area contributed by atoms with Crippen molar-refractivity contribution in [3.8, 4) is 5.75 Å². The van der Waals surface area contributed by atoms with Gasteiger partial charge in [0.05, 0.1) is 19.2 Å². The number of carbonyl (C=O) groups excluding carboxylic acids is 1. The summed E-state index contributed by atoms with van der Waals surface area (Å²) in [7, 11) is 1.49. The molecule has 0 unspecified atom stereocenters. The van der Waals surface area contributed by atoms with Crippen molar-refractivity contribution >= 4 is 11.7 Å². The summed E-state index contributed by atoms with van der Waals surface area (Å²) in [6.45, 7) is 1.81. The van der Waals surface area contributed by atoms with Crippen LogP contribution in [0.15, 0.2) is 42.5 Å². The van der Waals surface area contributed by atoms with Gasteiger partial charge in [0.1, 0.15) is 5.75 Å². The number of urea groups is 1. The molecule has 0 aliphatic heterocycles. The fourth-order valence-electron chi connectivity index (χ4n) is 2.42. The van der Waals surface area contributed by atoms with Gasteiger partial charge in [0.15, 0.2) is 0 Å². The van der Waals surface area contributed by atoms with Gasteiger partial charge in [0, 0.05) is 6.54 Å². The summed E-state index contributed by atoms with van der Waals surface area (Å²) >= 11 is 0. The van der Waals surface area contributed by atoms with E-state index in [0.717, 1.165) is 5.56 Å². The third-order valence-corrected chi connectivity index (χ3v) is 3.64. The SMILES string of the molecule is COc1cccc(C)c1NC(=O)NCc1ccccc1CC(F)(F)F. The van der Waals surface area contributed by atoms with Crippen LogP contribution in [0.3, 0.4) is 0 Å². The highest BCUT2D eigenvalue weighted by Crippen LogP contribution is 2.27. The maximum absolute atomic E-state index is 12.6. The van der Waals surface area contributed by atoms with Crippen LogP contribution in [-0.2, 0) is 13.0 Å². The number of anilines is 1. The molecule has 0 aromatic heterocycles. The largest absolute Gasteiger partial charge is 0.495 e. The average Bonchev–Trinajstić information content (AvgIpc) is 2.54. The van der Waals surface area contributed by atoms with Crippen LogP contribution in [0.2, 0.25) is 0 Å². The third kappa shape index (κ3) is 5.41. The Morgan fingerprint density at radius 1 is 1.08 bits per heavy atom. The second-order valence-electron chi connectivity index (χ2n) is 5.52. The lowest BCUT2D eigenvalue weighted by Gasteiger charge is -2.15. The lowest BCUT2D eigenvalue weighted by molar-refractivity contribution is -0.127. The molecule has 2 aromatic rings. The summed E-state index contributed by atoms with van der Waals surface area (Å²) in [5, 5.41) is 5.25. The first-order valence-electron chi connectivity index (χ1n) is 7.62. The van der Waals surface area contributed by atoms with Crippen molar-refractivity contribution in [1.82, 2.24) is 5.32 Å². The first kappa shape index (κ1) is 18.6. The Bertz CT molecular complexity index is 745. The van der Waals surface area contributed by atoms with Gasteiger partial charge in [0.2, 0.25) is 0 Å². The van der Waals surface area contributed by atoms with Crippen LogP contribution in [0.1, 0.15) is 16.7 Å². The highest BCUT2D eigenvalue weighted by atomic mass is 19.4. The monoisotopic (exact) mass is 352 g/mol. The minimum Gasteiger partial charge on any atom is -0.495 e. The highest BCUT2D eigenvalue weighted by Gasteiger charge is 2.28. The summed E-state index contributed by atoms with van der Waals surface area (Å²) in [5.74, 6) is 0.507. The molecule has 25 heavy (non-hydrogen) atoms. The molecule has 0 bridgehead atoms. The Morgan fingerprint density at radius 2 is 1.76 bits per heavy atom. The van der Waals surface area contributed by atoms with E-state index in [-0.39, 0.29) is 12.1 Å². The van der Waals surface area contributed by atoms with Crippen LogP contribution < -0.4 is 15.4 Å². The molecule has 0 saturated carbocycles. The zero-order chi connectivity index (χ0) is 18.4. The van der Waals surface area contributed by atoms with Gasteiger partial charge >= 0.3 is 12.2 Å². The number of carbonyl (C=O) groups is 1. The lowest BCUT2D eigenvalue weighted by atomic mass is 10.0. The summed E-state index contributed by atoms with van der Waals surface area (Å²) in [6, 6.07) is 11.0. The van der Waals surface area contributed by atoms with Gasteiger partial charge in [-0.2, -0.15) is 13.2 Å². The Hall–Kier alpha value is -2.70. The first-order valence-corrected chi connectivity index (χ1v) is 7.62. The number of benzene rings is 2. The minimum atomic E-state index is -4.30. The molecule has 0 aliphatic rings. The zero-order valence-corrected chi connectivity index (χ0v) is 13.9. The molecule has 0 saturated heterocycles. The van der Waals surface area contributed by atoms with Crippen molar-refractivity contribution in [3.63, 3.8) is 0 Å². The number of methoxy groups -OCH3 is 1. The van der Waals surface area contributed by atoms with E-state index in [1.807, 2.05) is 13.0 Å². The smallest absolute Gasteiger partial charge is 0.393 e. The van der Waals surface area contributed by atoms with E-state index in [4.69, 9.17) is 4.74 Å². The van der Waals surface area contributed by atoms with Gasteiger partial charge in [-0.25, -0.2) is 4.79 Å². The van der Waals surface area contributed by atoms with Gasteiger partial charge in [-0.05, 0) is 29.7 Å². The van der Waals surface area contributed by atoms with Crippen molar-refractivity contribution in [2.75, 3.05) is 12.4 Å². The van der Waals surface area contributed by atoms with E-state index in [9.17, 15) is 18.0 Å². The van der Waals surface area contributed by atoms with Crippen LogP contribution in [0.5, 0.6) is 5.75 Å². The van der Waals surface area contributed by atoms with E-state index < -0.39 is 18.6 Å². The van der Waals surface area contributed by atoms with E-state index in [2.05, 4.69) is 10.6 Å². The fourth-order valence-corrected chi connectivity index (χ4v) is 2.42. The summed E-state index contributed by atoms with van der Waals surface area (Å²) in [5.41, 5.74) is 1.90. The van der Waals surface area contributed by atoms with Gasteiger partial charge < -0.3 is 15.4 Å². The molecule has 0 aliphatic carbocycles. The number of amides is 2. The van der Waals surface area contributed by atoms with Crippen molar-refractivity contribution < 1.29 is 22.7 Å². The van der Waals surface area contributed by atoms with Gasteiger partial charge in [-0.3, -0.25) is 0 Å². The van der Waals surface area contributed by atoms with E-state index >= 15 is 0 Å². The molecular weight excluding hydrogens is 333 g/mol. The second kappa shape index (κ2) is 7.92. The molecule has 4 nitrogen and oxygen atoms in total. The predicted molar refractivity (Wildman–Crippen MR) is 89.8 cm³/mol. The predicted octanol–water partition coefficient (Wildman–Crippen LogP) is 4.43. The maximum atomic E-state index is 12.6. The second-order valence-corrected chi connectivity index (χ2v) is 5.52. The number of halogens is 3. The Balaban J connectivity index is 2.04. The van der Waals surface area contributed by atoms with Crippen LogP contribution in [-0.4, -0.2) is 19.3 Å². The van der Waals surface area contributed by atoms with Crippen LogP contribution >= 0.6 is 0 Å². The fraction of sp³-hybridized carbons (Fsp3) is 0.278. The number of para-hydroxylation sites is 1. The third-order valence-electron chi connectivity index (χ3n) is 3.64. The first-order chi connectivity index (χ1) is 11.8. The van der Waals surface area contributed by atoms with Crippen molar-refractivity contribution in [3.05, 3.63) is 59.2 Å². The molecule has 0 radical (unpaired) electrons. The quantitative estimate of drug-likeness (QED) is 0.836. The summed E-state index contributed by atoms with van der Waals surface area (Å²) in [4.78, 5) is 12.1. The minimum absolute atomic E-state index is 0.00766. The molecule has 7 heteroatoms. The Morgan fingerprint density at radius 3 is 2.40 bits per heavy atom. The topological polar surface area (TPSA) is 50.4 Å². The number of ether oxygens (including phenoxy) is 1. The summed E-state index contributed by atoms with van der Waals surface area (Å²) < 4.78 is 43.1. The van der Waals surface area contributed by atoms with Crippen molar-refractivity contribution in [2.24, 2.45) is 0 Å². The summed E-state index contributed by atoms with van der Waals surface area (Å²) in [6.07, 6.45) is -5.33. The number of rotatable bonds is 5. The van der Waals surface area contributed by atoms with E-state index in [1.165, 1.54) is 13.2 Å². The van der Waals surface area contributed by atoms with Gasteiger partial charge in [-0.1, -0.05) is 36.4 Å². The van der Waals surface area contributed by atoms with Crippen LogP contribution in [0.25, 0.3) is 0 Å². The molecule has 0 heterocycles. The zero-order valence-electron chi connectivity index (χ0n) is 13.9. The van der Waals surface area contributed by atoms with Crippen molar-refractivity contribution in [1.29, 1.82) is 0 Å². The molecule has 2 aromatic carbocycles. The number of nitrogens with one attached hydrogen (secondary N) is 2. The molecule has 2 rings (SSSR count). The molecule has 134 valence electrons. The van der Waals surface area contributed by atoms with Gasteiger partial charge in [-0.15, -0.1) is 0 Å². The lowest BCUT2D eigenvalue weighted by Crippen LogP contribution is -2.29.